The molecule has 3 nitrogen and oxygen atoms in total. The predicted molar refractivity (Wildman–Crippen MR) is 59.0 cm³/mol. The minimum atomic E-state index is -0.345. The fourth-order valence-corrected chi connectivity index (χ4v) is 1.67. The van der Waals surface area contributed by atoms with E-state index < -0.39 is 0 Å². The molecule has 0 bridgehead atoms. The highest BCUT2D eigenvalue weighted by Crippen LogP contribution is 2.12. The second-order valence-electron chi connectivity index (χ2n) is 3.38. The molecule has 5 heteroatoms. The average molecular weight is 233 g/mol. The lowest BCUT2D eigenvalue weighted by atomic mass is 10.0. The van der Waals surface area contributed by atoms with Gasteiger partial charge in [0, 0.05) is 11.3 Å². The topological polar surface area (TPSA) is 42.0 Å². The van der Waals surface area contributed by atoms with Crippen LogP contribution in [0.5, 0.6) is 0 Å². The molecule has 0 saturated carbocycles. The zero-order chi connectivity index (χ0) is 10.6. The predicted octanol–water partition coefficient (Wildman–Crippen LogP) is 2.28. The number of nitrogens with one attached hydrogen (secondary N) is 1. The fraction of sp³-hybridized carbons (Fsp3) is 0.556. The third kappa shape index (κ3) is 2.69. The quantitative estimate of drug-likeness (QED) is 0.810. The number of hydrogen-bond donors (Lipinski definition) is 1. The third-order valence-corrected chi connectivity index (χ3v) is 3.33. The Hall–Kier alpha value is -0.610. The molecular formula is C9H13ClN2OS. The molecule has 78 valence electrons. The molecule has 1 heterocycles. The van der Waals surface area contributed by atoms with Gasteiger partial charge in [-0.05, 0) is 13.3 Å². The van der Waals surface area contributed by atoms with E-state index in [0.29, 0.717) is 11.6 Å². The first-order valence-electron chi connectivity index (χ1n) is 4.38. The largest absolute Gasteiger partial charge is 0.344 e. The third-order valence-electron chi connectivity index (χ3n) is 2.16. The van der Waals surface area contributed by atoms with Crippen molar-refractivity contribution in [3.8, 4) is 0 Å². The van der Waals surface area contributed by atoms with Crippen molar-refractivity contribution >= 4 is 28.8 Å². The molecule has 14 heavy (non-hydrogen) atoms. The summed E-state index contributed by atoms with van der Waals surface area (Å²) >= 11 is 7.19. The summed E-state index contributed by atoms with van der Waals surface area (Å²) in [5, 5.41) is 4.59. The Morgan fingerprint density at radius 3 is 2.93 bits per heavy atom. The number of rotatable bonds is 4. The summed E-state index contributed by atoms with van der Waals surface area (Å²) in [6.07, 6.45) is 0.798. The van der Waals surface area contributed by atoms with Crippen molar-refractivity contribution < 1.29 is 4.79 Å². The first-order valence-corrected chi connectivity index (χ1v) is 5.85. The molecule has 0 aliphatic heterocycles. The summed E-state index contributed by atoms with van der Waals surface area (Å²) in [6, 6.07) is 0. The number of aromatic nitrogens is 1. The SMILES string of the molecule is CCC(C)(CCl)NC(=O)c1cscn1. The number of halogens is 1. The normalized spacial score (nSPS) is 14.8. The summed E-state index contributed by atoms with van der Waals surface area (Å²) in [5.74, 6) is 0.246. The van der Waals surface area contributed by atoms with Gasteiger partial charge in [0.05, 0.1) is 11.0 Å². The molecule has 1 aromatic heterocycles. The summed E-state index contributed by atoms with van der Waals surface area (Å²) in [5.41, 5.74) is 1.75. The average Bonchev–Trinajstić information content (AvgIpc) is 2.70. The smallest absolute Gasteiger partial charge is 0.271 e. The van der Waals surface area contributed by atoms with Crippen LogP contribution in [0.4, 0.5) is 0 Å². The van der Waals surface area contributed by atoms with Crippen LogP contribution in [-0.4, -0.2) is 22.3 Å². The molecule has 0 saturated heterocycles. The summed E-state index contributed by atoms with van der Waals surface area (Å²) in [6.45, 7) is 3.91. The molecule has 0 spiro atoms. The maximum atomic E-state index is 11.6. The fourth-order valence-electron chi connectivity index (χ4n) is 0.879. The second kappa shape index (κ2) is 4.75. The van der Waals surface area contributed by atoms with Crippen LogP contribution in [0, 0.1) is 0 Å². The minimum absolute atomic E-state index is 0.156. The van der Waals surface area contributed by atoms with E-state index in [1.54, 1.807) is 10.9 Å². The number of alkyl halides is 1. The van der Waals surface area contributed by atoms with Crippen molar-refractivity contribution in [3.05, 3.63) is 16.6 Å². The Balaban J connectivity index is 2.65. The van der Waals surface area contributed by atoms with Crippen LogP contribution < -0.4 is 5.32 Å². The van der Waals surface area contributed by atoms with E-state index in [4.69, 9.17) is 11.6 Å². The van der Waals surface area contributed by atoms with Gasteiger partial charge in [0.2, 0.25) is 0 Å². The molecular weight excluding hydrogens is 220 g/mol. The summed E-state index contributed by atoms with van der Waals surface area (Å²) in [4.78, 5) is 15.5. The van der Waals surface area contributed by atoms with Crippen molar-refractivity contribution in [1.29, 1.82) is 0 Å². The molecule has 1 amide bonds. The standard InChI is InChI=1S/C9H13ClN2OS/c1-3-9(2,5-10)12-8(13)7-4-14-6-11-7/h4,6H,3,5H2,1-2H3,(H,12,13). The van der Waals surface area contributed by atoms with Crippen LogP contribution in [0.15, 0.2) is 10.9 Å². The molecule has 1 N–H and O–H groups in total. The van der Waals surface area contributed by atoms with E-state index in [2.05, 4.69) is 10.3 Å². The van der Waals surface area contributed by atoms with E-state index in [1.807, 2.05) is 13.8 Å². The number of nitrogens with zero attached hydrogens (tertiary/aromatic N) is 1. The number of hydrogen-bond acceptors (Lipinski definition) is 3. The Bertz CT molecular complexity index is 296. The molecule has 0 aliphatic carbocycles. The van der Waals surface area contributed by atoms with Crippen LogP contribution in [-0.2, 0) is 0 Å². The highest BCUT2D eigenvalue weighted by Gasteiger charge is 2.24. The number of carbonyl (C=O) groups is 1. The highest BCUT2D eigenvalue weighted by molar-refractivity contribution is 7.07. The van der Waals surface area contributed by atoms with E-state index in [-0.39, 0.29) is 11.4 Å². The molecule has 0 aromatic carbocycles. The Labute approximate surface area is 92.5 Å². The molecule has 1 unspecified atom stereocenters. The first kappa shape index (κ1) is 11.5. The Morgan fingerprint density at radius 1 is 1.79 bits per heavy atom. The maximum absolute atomic E-state index is 11.6. The zero-order valence-electron chi connectivity index (χ0n) is 8.21. The Morgan fingerprint density at radius 2 is 2.50 bits per heavy atom. The van der Waals surface area contributed by atoms with Gasteiger partial charge in [-0.25, -0.2) is 4.98 Å². The van der Waals surface area contributed by atoms with Crippen molar-refractivity contribution in [3.63, 3.8) is 0 Å². The maximum Gasteiger partial charge on any atom is 0.271 e. The van der Waals surface area contributed by atoms with Gasteiger partial charge in [-0.1, -0.05) is 6.92 Å². The van der Waals surface area contributed by atoms with Crippen molar-refractivity contribution in [2.45, 2.75) is 25.8 Å². The minimum Gasteiger partial charge on any atom is -0.344 e. The van der Waals surface area contributed by atoms with Gasteiger partial charge in [0.1, 0.15) is 5.69 Å². The molecule has 1 aromatic rings. The van der Waals surface area contributed by atoms with Crippen LogP contribution in [0.25, 0.3) is 0 Å². The first-order chi connectivity index (χ1) is 6.61. The van der Waals surface area contributed by atoms with Crippen LogP contribution in [0.3, 0.4) is 0 Å². The van der Waals surface area contributed by atoms with Crippen molar-refractivity contribution in [2.24, 2.45) is 0 Å². The van der Waals surface area contributed by atoms with Crippen molar-refractivity contribution in [1.82, 2.24) is 10.3 Å². The monoisotopic (exact) mass is 232 g/mol. The van der Waals surface area contributed by atoms with Crippen LogP contribution in [0.2, 0.25) is 0 Å². The Kier molecular flexibility index (Phi) is 3.89. The van der Waals surface area contributed by atoms with E-state index >= 15 is 0 Å². The molecule has 1 rings (SSSR count). The zero-order valence-corrected chi connectivity index (χ0v) is 9.78. The van der Waals surface area contributed by atoms with Gasteiger partial charge in [0.25, 0.3) is 5.91 Å². The molecule has 0 fully saturated rings. The number of carbonyl (C=O) groups excluding carboxylic acids is 1. The molecule has 0 radical (unpaired) electrons. The van der Waals surface area contributed by atoms with Gasteiger partial charge >= 0.3 is 0 Å². The lowest BCUT2D eigenvalue weighted by molar-refractivity contribution is 0.0908. The van der Waals surface area contributed by atoms with Gasteiger partial charge in [0.15, 0.2) is 0 Å². The van der Waals surface area contributed by atoms with E-state index in [1.165, 1.54) is 11.3 Å². The molecule has 0 aliphatic rings. The lowest BCUT2D eigenvalue weighted by Gasteiger charge is -2.26. The number of thiazole rings is 1. The van der Waals surface area contributed by atoms with Crippen LogP contribution >= 0.6 is 22.9 Å². The van der Waals surface area contributed by atoms with Gasteiger partial charge in [-0.3, -0.25) is 4.79 Å². The second-order valence-corrected chi connectivity index (χ2v) is 4.36. The van der Waals surface area contributed by atoms with Gasteiger partial charge < -0.3 is 5.32 Å². The number of amides is 1. The van der Waals surface area contributed by atoms with Gasteiger partial charge in [-0.15, -0.1) is 22.9 Å². The van der Waals surface area contributed by atoms with E-state index in [9.17, 15) is 4.79 Å². The van der Waals surface area contributed by atoms with Gasteiger partial charge in [-0.2, -0.15) is 0 Å². The lowest BCUT2D eigenvalue weighted by Crippen LogP contribution is -2.47. The highest BCUT2D eigenvalue weighted by atomic mass is 35.5. The van der Waals surface area contributed by atoms with Crippen molar-refractivity contribution in [2.75, 3.05) is 5.88 Å². The van der Waals surface area contributed by atoms with E-state index in [0.717, 1.165) is 6.42 Å². The molecule has 1 atom stereocenters. The van der Waals surface area contributed by atoms with Crippen LogP contribution in [0.1, 0.15) is 30.8 Å². The summed E-state index contributed by atoms with van der Waals surface area (Å²) in [7, 11) is 0. The summed E-state index contributed by atoms with van der Waals surface area (Å²) < 4.78 is 0.